The number of piperidine rings is 1. The van der Waals surface area contributed by atoms with Gasteiger partial charge in [0.2, 0.25) is 5.91 Å². The average molecular weight is 501 g/mol. The maximum absolute atomic E-state index is 13.3. The lowest BCUT2D eigenvalue weighted by atomic mass is 10.1. The number of halogens is 1. The molecule has 2 aromatic rings. The number of hydrogen-bond donors (Lipinski definition) is 2. The van der Waals surface area contributed by atoms with Gasteiger partial charge in [-0.1, -0.05) is 43.5 Å². The molecule has 35 heavy (non-hydrogen) atoms. The molecule has 0 radical (unpaired) electrons. The Morgan fingerprint density at radius 2 is 1.77 bits per heavy atom. The number of amides is 2. The van der Waals surface area contributed by atoms with Gasteiger partial charge in [0.15, 0.2) is 0 Å². The van der Waals surface area contributed by atoms with Gasteiger partial charge >= 0.3 is 0 Å². The van der Waals surface area contributed by atoms with Crippen LogP contribution in [0.2, 0.25) is 5.02 Å². The number of rotatable bonds is 13. The maximum atomic E-state index is 13.3. The molecule has 2 N–H and O–H groups in total. The minimum atomic E-state index is -0.226. The van der Waals surface area contributed by atoms with Crippen molar-refractivity contribution in [1.82, 2.24) is 20.4 Å². The molecule has 0 saturated carbocycles. The van der Waals surface area contributed by atoms with Gasteiger partial charge in [0.1, 0.15) is 0 Å². The number of likely N-dealkylation sites (tertiary alicyclic amines) is 1. The van der Waals surface area contributed by atoms with Crippen LogP contribution in [0.3, 0.4) is 0 Å². The van der Waals surface area contributed by atoms with Crippen LogP contribution in [-0.2, 0) is 4.79 Å². The summed E-state index contributed by atoms with van der Waals surface area (Å²) >= 11 is 6.06. The Morgan fingerprint density at radius 3 is 2.51 bits per heavy atom. The van der Waals surface area contributed by atoms with Crippen LogP contribution in [0.15, 0.2) is 36.4 Å². The zero-order valence-electron chi connectivity index (χ0n) is 21.3. The van der Waals surface area contributed by atoms with Gasteiger partial charge in [0, 0.05) is 43.3 Å². The molecular formula is C28H41ClN4O2. The first kappa shape index (κ1) is 27.4. The Labute approximate surface area is 215 Å². The standard InChI is InChI=1S/C28H41ClN4O2/c1-3-5-18-33(4-2)28(35)26(13-19-32-16-7-6-8-17-32)30-14-15-31-27(34)24-10-9-23-21-25(29)12-11-22(23)20-24/h9-12,20-21,26,30H,3-8,13-19H2,1-2H3,(H,31,34)/t26-/m0/s1. The summed E-state index contributed by atoms with van der Waals surface area (Å²) in [5, 5.41) is 9.11. The number of unbranched alkanes of at least 4 members (excludes halogenated alkanes) is 1. The zero-order valence-corrected chi connectivity index (χ0v) is 22.1. The number of carbonyl (C=O) groups is 2. The van der Waals surface area contributed by atoms with Crippen LogP contribution < -0.4 is 10.6 Å². The molecule has 2 aromatic carbocycles. The van der Waals surface area contributed by atoms with Gasteiger partial charge in [-0.2, -0.15) is 0 Å². The fourth-order valence-electron chi connectivity index (χ4n) is 4.68. The van der Waals surface area contributed by atoms with E-state index in [-0.39, 0.29) is 17.9 Å². The Morgan fingerprint density at radius 1 is 1.03 bits per heavy atom. The molecule has 1 atom stereocenters. The Balaban J connectivity index is 1.53. The average Bonchev–Trinajstić information content (AvgIpc) is 2.88. The summed E-state index contributed by atoms with van der Waals surface area (Å²) in [7, 11) is 0. The van der Waals surface area contributed by atoms with Gasteiger partial charge in [0.25, 0.3) is 5.91 Å². The lowest BCUT2D eigenvalue weighted by Crippen LogP contribution is -2.50. The number of nitrogens with zero attached hydrogens (tertiary/aromatic N) is 2. The number of nitrogens with one attached hydrogen (secondary N) is 2. The molecule has 192 valence electrons. The van der Waals surface area contributed by atoms with E-state index in [2.05, 4.69) is 22.5 Å². The smallest absolute Gasteiger partial charge is 0.251 e. The van der Waals surface area contributed by atoms with Crippen molar-refractivity contribution in [3.05, 3.63) is 47.0 Å². The number of hydrogen-bond acceptors (Lipinski definition) is 4. The number of benzene rings is 2. The SMILES string of the molecule is CCCCN(CC)C(=O)[C@H](CCN1CCCCC1)NCCNC(=O)c1ccc2cc(Cl)ccc2c1. The molecule has 0 bridgehead atoms. The zero-order chi connectivity index (χ0) is 25.0. The van der Waals surface area contributed by atoms with E-state index in [1.165, 1.54) is 19.3 Å². The van der Waals surface area contributed by atoms with Gasteiger partial charge < -0.3 is 20.4 Å². The lowest BCUT2D eigenvalue weighted by Gasteiger charge is -2.31. The van der Waals surface area contributed by atoms with Crippen molar-refractivity contribution in [2.75, 3.05) is 45.8 Å². The molecule has 6 nitrogen and oxygen atoms in total. The quantitative estimate of drug-likeness (QED) is 0.391. The Hall–Kier alpha value is -2.15. The van der Waals surface area contributed by atoms with Crippen molar-refractivity contribution in [2.45, 2.75) is 58.4 Å². The predicted molar refractivity (Wildman–Crippen MR) is 145 cm³/mol. The second-order valence-electron chi connectivity index (χ2n) is 9.43. The number of carbonyl (C=O) groups excluding carboxylic acids is 2. The summed E-state index contributed by atoms with van der Waals surface area (Å²) in [5.41, 5.74) is 0.620. The number of fused-ring (bicyclic) bond motifs is 1. The van der Waals surface area contributed by atoms with Crippen molar-refractivity contribution in [3.63, 3.8) is 0 Å². The summed E-state index contributed by atoms with van der Waals surface area (Å²) < 4.78 is 0. The van der Waals surface area contributed by atoms with Crippen LogP contribution in [0.4, 0.5) is 0 Å². The minimum absolute atomic E-state index is 0.113. The van der Waals surface area contributed by atoms with E-state index in [4.69, 9.17) is 11.6 Å². The summed E-state index contributed by atoms with van der Waals surface area (Å²) in [6, 6.07) is 11.0. The molecule has 1 aliphatic rings. The molecule has 2 amide bonds. The molecule has 0 unspecified atom stereocenters. The van der Waals surface area contributed by atoms with E-state index in [0.717, 1.165) is 62.8 Å². The van der Waals surface area contributed by atoms with E-state index >= 15 is 0 Å². The molecular weight excluding hydrogens is 460 g/mol. The molecule has 1 aliphatic heterocycles. The Kier molecular flexibility index (Phi) is 11.3. The van der Waals surface area contributed by atoms with Gasteiger partial charge in [0.05, 0.1) is 6.04 Å². The second kappa shape index (κ2) is 14.4. The topological polar surface area (TPSA) is 64.7 Å². The van der Waals surface area contributed by atoms with Crippen molar-refractivity contribution >= 4 is 34.2 Å². The van der Waals surface area contributed by atoms with Gasteiger partial charge in [-0.15, -0.1) is 0 Å². The van der Waals surface area contributed by atoms with E-state index in [9.17, 15) is 9.59 Å². The fraction of sp³-hybridized carbons (Fsp3) is 0.571. The first-order chi connectivity index (χ1) is 17.0. The summed E-state index contributed by atoms with van der Waals surface area (Å²) in [5.74, 6) is 0.0652. The second-order valence-corrected chi connectivity index (χ2v) is 9.87. The van der Waals surface area contributed by atoms with Gasteiger partial charge in [-0.25, -0.2) is 0 Å². The highest BCUT2D eigenvalue weighted by Crippen LogP contribution is 2.20. The first-order valence-electron chi connectivity index (χ1n) is 13.2. The fourth-order valence-corrected chi connectivity index (χ4v) is 4.86. The Bertz CT molecular complexity index is 961. The highest BCUT2D eigenvalue weighted by atomic mass is 35.5. The van der Waals surface area contributed by atoms with Crippen LogP contribution in [0, 0.1) is 0 Å². The van der Waals surface area contributed by atoms with E-state index in [1.807, 2.05) is 48.2 Å². The summed E-state index contributed by atoms with van der Waals surface area (Å²) in [4.78, 5) is 30.4. The molecule has 1 saturated heterocycles. The van der Waals surface area contributed by atoms with E-state index in [1.54, 1.807) is 0 Å². The van der Waals surface area contributed by atoms with Crippen molar-refractivity contribution in [2.24, 2.45) is 0 Å². The molecule has 7 heteroatoms. The van der Waals surface area contributed by atoms with Crippen LogP contribution in [-0.4, -0.2) is 73.5 Å². The molecule has 1 fully saturated rings. The first-order valence-corrected chi connectivity index (χ1v) is 13.6. The van der Waals surface area contributed by atoms with Crippen LogP contribution in [0.5, 0.6) is 0 Å². The van der Waals surface area contributed by atoms with Crippen LogP contribution in [0.1, 0.15) is 62.7 Å². The molecule has 0 spiro atoms. The van der Waals surface area contributed by atoms with Crippen LogP contribution >= 0.6 is 11.6 Å². The van der Waals surface area contributed by atoms with Crippen molar-refractivity contribution in [1.29, 1.82) is 0 Å². The molecule has 0 aliphatic carbocycles. The van der Waals surface area contributed by atoms with E-state index in [0.29, 0.717) is 23.7 Å². The minimum Gasteiger partial charge on any atom is -0.351 e. The summed E-state index contributed by atoms with van der Waals surface area (Å²) in [6.07, 6.45) is 6.69. The lowest BCUT2D eigenvalue weighted by molar-refractivity contribution is -0.133. The normalized spacial score (nSPS) is 15.2. The predicted octanol–water partition coefficient (Wildman–Crippen LogP) is 4.71. The third kappa shape index (κ3) is 8.48. The highest BCUT2D eigenvalue weighted by Gasteiger charge is 2.24. The summed E-state index contributed by atoms with van der Waals surface area (Å²) in [6.45, 7) is 9.93. The van der Waals surface area contributed by atoms with Crippen molar-refractivity contribution in [3.8, 4) is 0 Å². The molecule has 3 rings (SSSR count). The maximum Gasteiger partial charge on any atom is 0.251 e. The van der Waals surface area contributed by atoms with Crippen LogP contribution in [0.25, 0.3) is 10.8 Å². The van der Waals surface area contributed by atoms with Crippen molar-refractivity contribution < 1.29 is 9.59 Å². The van der Waals surface area contributed by atoms with Gasteiger partial charge in [-0.05, 0) is 80.7 Å². The van der Waals surface area contributed by atoms with E-state index < -0.39 is 0 Å². The third-order valence-electron chi connectivity index (χ3n) is 6.82. The third-order valence-corrected chi connectivity index (χ3v) is 7.06. The molecule has 1 heterocycles. The van der Waals surface area contributed by atoms with Gasteiger partial charge in [-0.3, -0.25) is 9.59 Å². The highest BCUT2D eigenvalue weighted by molar-refractivity contribution is 6.31. The largest absolute Gasteiger partial charge is 0.351 e. The molecule has 0 aromatic heterocycles. The number of likely N-dealkylation sites (N-methyl/N-ethyl adjacent to an activating group) is 1. The monoisotopic (exact) mass is 500 g/mol.